The fraction of sp³-hybridized carbons (Fsp3) is 0.857. The second kappa shape index (κ2) is 5.33. The SMILES string of the molecule is CC(C)N1C(=O)N(C)C2(CCN([C@@H](C)CO)CC2)C1=O. The van der Waals surface area contributed by atoms with Gasteiger partial charge in [-0.25, -0.2) is 4.79 Å². The number of piperidine rings is 1. The second-order valence-electron chi connectivity index (χ2n) is 6.21. The normalized spacial score (nSPS) is 25.1. The molecule has 0 aliphatic carbocycles. The van der Waals surface area contributed by atoms with Crippen LogP contribution in [-0.4, -0.2) is 76.1 Å². The number of nitrogens with zero attached hydrogens (tertiary/aromatic N) is 3. The second-order valence-corrected chi connectivity index (χ2v) is 6.21. The molecule has 0 radical (unpaired) electrons. The quantitative estimate of drug-likeness (QED) is 0.766. The molecular weight excluding hydrogens is 258 g/mol. The van der Waals surface area contributed by atoms with E-state index in [9.17, 15) is 14.7 Å². The molecule has 0 aromatic carbocycles. The minimum atomic E-state index is -0.674. The molecule has 2 saturated heterocycles. The summed E-state index contributed by atoms with van der Waals surface area (Å²) in [6, 6.07) is -0.189. The molecule has 0 saturated carbocycles. The van der Waals surface area contributed by atoms with Gasteiger partial charge in [0, 0.05) is 32.2 Å². The molecule has 2 aliphatic heterocycles. The maximum absolute atomic E-state index is 12.7. The summed E-state index contributed by atoms with van der Waals surface area (Å²) in [6.45, 7) is 7.29. The maximum atomic E-state index is 12.7. The monoisotopic (exact) mass is 283 g/mol. The van der Waals surface area contributed by atoms with E-state index in [4.69, 9.17) is 0 Å². The number of amides is 3. The van der Waals surface area contributed by atoms with Crippen molar-refractivity contribution in [2.75, 3.05) is 26.7 Å². The van der Waals surface area contributed by atoms with E-state index < -0.39 is 5.54 Å². The molecule has 0 aromatic heterocycles. The Bertz CT molecular complexity index is 402. The summed E-state index contributed by atoms with van der Waals surface area (Å²) in [5.41, 5.74) is -0.674. The van der Waals surface area contributed by atoms with Gasteiger partial charge in [0.05, 0.1) is 6.61 Å². The first-order valence-corrected chi connectivity index (χ1v) is 7.31. The lowest BCUT2D eigenvalue weighted by Gasteiger charge is -2.42. The average Bonchev–Trinajstić information content (AvgIpc) is 2.61. The molecule has 114 valence electrons. The number of imide groups is 1. The molecule has 6 nitrogen and oxygen atoms in total. The highest BCUT2D eigenvalue weighted by Gasteiger charge is 2.57. The van der Waals surface area contributed by atoms with Crippen molar-refractivity contribution in [3.05, 3.63) is 0 Å². The van der Waals surface area contributed by atoms with E-state index in [2.05, 4.69) is 4.90 Å². The maximum Gasteiger partial charge on any atom is 0.327 e. The number of carbonyl (C=O) groups is 2. The van der Waals surface area contributed by atoms with Crippen molar-refractivity contribution in [3.63, 3.8) is 0 Å². The zero-order valence-electron chi connectivity index (χ0n) is 12.8. The van der Waals surface area contributed by atoms with Gasteiger partial charge in [-0.05, 0) is 33.6 Å². The lowest BCUT2D eigenvalue weighted by atomic mass is 9.85. The number of aliphatic hydroxyl groups is 1. The van der Waals surface area contributed by atoms with Gasteiger partial charge in [-0.1, -0.05) is 0 Å². The highest BCUT2D eigenvalue weighted by Crippen LogP contribution is 2.37. The third-order valence-corrected chi connectivity index (χ3v) is 4.78. The van der Waals surface area contributed by atoms with E-state index in [1.807, 2.05) is 20.8 Å². The molecule has 2 aliphatic rings. The van der Waals surface area contributed by atoms with E-state index in [-0.39, 0.29) is 30.6 Å². The minimum Gasteiger partial charge on any atom is -0.395 e. The van der Waals surface area contributed by atoms with Crippen molar-refractivity contribution in [2.24, 2.45) is 0 Å². The third kappa shape index (κ3) is 2.11. The summed E-state index contributed by atoms with van der Waals surface area (Å²) in [4.78, 5) is 30.1. The molecule has 0 aromatic rings. The Hall–Kier alpha value is -1.14. The molecule has 2 fully saturated rings. The Morgan fingerprint density at radius 2 is 1.75 bits per heavy atom. The number of aliphatic hydroxyl groups excluding tert-OH is 1. The summed E-state index contributed by atoms with van der Waals surface area (Å²) in [5.74, 6) is -0.0590. The smallest absolute Gasteiger partial charge is 0.327 e. The van der Waals surface area contributed by atoms with Crippen LogP contribution in [0.2, 0.25) is 0 Å². The van der Waals surface area contributed by atoms with Crippen LogP contribution in [0.3, 0.4) is 0 Å². The van der Waals surface area contributed by atoms with Crippen molar-refractivity contribution >= 4 is 11.9 Å². The molecule has 1 spiro atoms. The molecule has 6 heteroatoms. The Balaban J connectivity index is 2.17. The predicted octanol–water partition coefficient (Wildman–Crippen LogP) is 0.504. The van der Waals surface area contributed by atoms with Crippen molar-refractivity contribution < 1.29 is 14.7 Å². The van der Waals surface area contributed by atoms with Gasteiger partial charge in [-0.15, -0.1) is 0 Å². The molecule has 0 bridgehead atoms. The number of urea groups is 1. The molecular formula is C14H25N3O3. The number of carbonyl (C=O) groups excluding carboxylic acids is 2. The number of likely N-dealkylation sites (N-methyl/N-ethyl adjacent to an activating group) is 1. The molecule has 0 unspecified atom stereocenters. The van der Waals surface area contributed by atoms with Crippen LogP contribution in [-0.2, 0) is 4.79 Å². The van der Waals surface area contributed by atoms with E-state index >= 15 is 0 Å². The predicted molar refractivity (Wildman–Crippen MR) is 75.2 cm³/mol. The summed E-state index contributed by atoms with van der Waals surface area (Å²) < 4.78 is 0. The van der Waals surface area contributed by atoms with Crippen molar-refractivity contribution in [2.45, 2.75) is 51.2 Å². The summed E-state index contributed by atoms with van der Waals surface area (Å²) in [6.07, 6.45) is 1.28. The van der Waals surface area contributed by atoms with Crippen LogP contribution in [0.25, 0.3) is 0 Å². The first kappa shape index (κ1) is 15.3. The van der Waals surface area contributed by atoms with E-state index in [1.165, 1.54) is 4.90 Å². The number of rotatable bonds is 3. The van der Waals surface area contributed by atoms with Crippen LogP contribution in [0.1, 0.15) is 33.6 Å². The largest absolute Gasteiger partial charge is 0.395 e. The van der Waals surface area contributed by atoms with E-state index in [1.54, 1.807) is 11.9 Å². The highest BCUT2D eigenvalue weighted by molar-refractivity contribution is 6.07. The Morgan fingerprint density at radius 1 is 1.20 bits per heavy atom. The van der Waals surface area contributed by atoms with Gasteiger partial charge in [-0.3, -0.25) is 14.6 Å². The van der Waals surface area contributed by atoms with Gasteiger partial charge in [-0.2, -0.15) is 0 Å². The van der Waals surface area contributed by atoms with Crippen LogP contribution in [0.5, 0.6) is 0 Å². The van der Waals surface area contributed by atoms with Crippen LogP contribution in [0.15, 0.2) is 0 Å². The molecule has 1 atom stereocenters. The lowest BCUT2D eigenvalue weighted by molar-refractivity contribution is -0.136. The number of likely N-dealkylation sites (tertiary alicyclic amines) is 1. The van der Waals surface area contributed by atoms with Gasteiger partial charge >= 0.3 is 6.03 Å². The molecule has 3 amide bonds. The molecule has 20 heavy (non-hydrogen) atoms. The zero-order valence-corrected chi connectivity index (χ0v) is 12.8. The van der Waals surface area contributed by atoms with Crippen LogP contribution >= 0.6 is 0 Å². The standard InChI is InChI=1S/C14H25N3O3/c1-10(2)17-12(19)14(15(4)13(17)20)5-7-16(8-6-14)11(3)9-18/h10-11,18H,5-9H2,1-4H3/t11-/m0/s1. The molecule has 2 rings (SSSR count). The fourth-order valence-corrected chi connectivity index (χ4v) is 3.25. The summed E-state index contributed by atoms with van der Waals surface area (Å²) >= 11 is 0. The van der Waals surface area contributed by atoms with Gasteiger partial charge in [0.2, 0.25) is 0 Å². The average molecular weight is 283 g/mol. The minimum absolute atomic E-state index is 0.0590. The van der Waals surface area contributed by atoms with E-state index in [0.717, 1.165) is 13.1 Å². The van der Waals surface area contributed by atoms with Gasteiger partial charge in [0.25, 0.3) is 5.91 Å². The third-order valence-electron chi connectivity index (χ3n) is 4.78. The van der Waals surface area contributed by atoms with Gasteiger partial charge < -0.3 is 10.0 Å². The molecule has 2 heterocycles. The first-order chi connectivity index (χ1) is 9.35. The van der Waals surface area contributed by atoms with Crippen LogP contribution < -0.4 is 0 Å². The van der Waals surface area contributed by atoms with Crippen molar-refractivity contribution in [1.29, 1.82) is 0 Å². The summed E-state index contributed by atoms with van der Waals surface area (Å²) in [7, 11) is 1.73. The topological polar surface area (TPSA) is 64.1 Å². The van der Waals surface area contributed by atoms with Gasteiger partial charge in [0.1, 0.15) is 5.54 Å². The number of hydrogen-bond donors (Lipinski definition) is 1. The Kier molecular flexibility index (Phi) is 4.07. The lowest BCUT2D eigenvalue weighted by Crippen LogP contribution is -2.57. The zero-order chi connectivity index (χ0) is 15.1. The fourth-order valence-electron chi connectivity index (χ4n) is 3.25. The van der Waals surface area contributed by atoms with Crippen LogP contribution in [0.4, 0.5) is 4.79 Å². The van der Waals surface area contributed by atoms with Gasteiger partial charge in [0.15, 0.2) is 0 Å². The van der Waals surface area contributed by atoms with Crippen molar-refractivity contribution in [3.8, 4) is 0 Å². The summed E-state index contributed by atoms with van der Waals surface area (Å²) in [5, 5.41) is 9.22. The first-order valence-electron chi connectivity index (χ1n) is 7.31. The van der Waals surface area contributed by atoms with Crippen molar-refractivity contribution in [1.82, 2.24) is 14.7 Å². The van der Waals surface area contributed by atoms with Crippen LogP contribution in [0, 0.1) is 0 Å². The van der Waals surface area contributed by atoms with E-state index in [0.29, 0.717) is 12.8 Å². The number of hydrogen-bond acceptors (Lipinski definition) is 4. The Labute approximate surface area is 120 Å². The highest BCUT2D eigenvalue weighted by atomic mass is 16.3. The Morgan fingerprint density at radius 3 is 2.15 bits per heavy atom. The molecule has 1 N–H and O–H groups in total.